The third kappa shape index (κ3) is 7.65. The largest absolute Gasteiger partial charge is 0.458 e. The van der Waals surface area contributed by atoms with E-state index in [2.05, 4.69) is 21.1 Å². The SMILES string of the molecule is CN=C(NOC(C)CNCC(=O)NC(C)(C)C(=O)OC(C)(C)C)C1(c2ccc(F)cc2Cl)CC1. The zero-order valence-electron chi connectivity index (χ0n) is 21.0. The maximum atomic E-state index is 13.5. The van der Waals surface area contributed by atoms with Crippen molar-refractivity contribution in [2.45, 2.75) is 77.0 Å². The Balaban J connectivity index is 1.80. The molecule has 0 radical (unpaired) electrons. The van der Waals surface area contributed by atoms with E-state index in [1.165, 1.54) is 12.1 Å². The normalized spacial score (nSPS) is 16.6. The van der Waals surface area contributed by atoms with Crippen LogP contribution in [0.3, 0.4) is 0 Å². The van der Waals surface area contributed by atoms with Gasteiger partial charge in [0.05, 0.1) is 18.1 Å². The van der Waals surface area contributed by atoms with Gasteiger partial charge in [0.1, 0.15) is 22.8 Å². The van der Waals surface area contributed by atoms with Crippen LogP contribution in [0.4, 0.5) is 4.39 Å². The van der Waals surface area contributed by atoms with E-state index in [9.17, 15) is 14.0 Å². The minimum atomic E-state index is -1.15. The number of halogens is 2. The summed E-state index contributed by atoms with van der Waals surface area (Å²) in [4.78, 5) is 34.6. The number of carbonyl (C=O) groups is 2. The summed E-state index contributed by atoms with van der Waals surface area (Å²) in [5, 5.41) is 6.04. The molecule has 10 heteroatoms. The molecule has 8 nitrogen and oxygen atoms in total. The second-order valence-electron chi connectivity index (χ2n) is 10.1. The van der Waals surface area contributed by atoms with Gasteiger partial charge in [-0.2, -0.15) is 0 Å². The highest BCUT2D eigenvalue weighted by atomic mass is 35.5. The number of hydroxylamine groups is 1. The molecule has 1 atom stereocenters. The van der Waals surface area contributed by atoms with Crippen LogP contribution in [0.15, 0.2) is 23.2 Å². The molecule has 0 bridgehead atoms. The predicted octanol–water partition coefficient (Wildman–Crippen LogP) is 3.27. The van der Waals surface area contributed by atoms with Crippen LogP contribution in [0.1, 0.15) is 59.9 Å². The van der Waals surface area contributed by atoms with Crippen molar-refractivity contribution in [2.75, 3.05) is 20.1 Å². The quantitative estimate of drug-likeness (QED) is 0.198. The monoisotopic (exact) mass is 498 g/mol. The molecular weight excluding hydrogens is 463 g/mol. The average Bonchev–Trinajstić information content (AvgIpc) is 3.48. The van der Waals surface area contributed by atoms with Gasteiger partial charge in [0.15, 0.2) is 0 Å². The van der Waals surface area contributed by atoms with Crippen LogP contribution in [0.5, 0.6) is 0 Å². The van der Waals surface area contributed by atoms with Gasteiger partial charge in [0.25, 0.3) is 0 Å². The summed E-state index contributed by atoms with van der Waals surface area (Å²) in [7, 11) is 1.66. The molecular formula is C24H36ClFN4O4. The molecule has 1 saturated carbocycles. The maximum absolute atomic E-state index is 13.5. The topological polar surface area (TPSA) is 101 Å². The van der Waals surface area contributed by atoms with Gasteiger partial charge in [-0.25, -0.2) is 9.18 Å². The molecule has 1 aromatic carbocycles. The van der Waals surface area contributed by atoms with Gasteiger partial charge in [-0.1, -0.05) is 17.7 Å². The highest BCUT2D eigenvalue weighted by Gasteiger charge is 2.50. The number of nitrogens with one attached hydrogen (secondary N) is 3. The zero-order chi connectivity index (χ0) is 25.7. The third-order valence-electron chi connectivity index (χ3n) is 5.31. The fraction of sp³-hybridized carbons (Fsp3) is 0.625. The number of hydrogen-bond donors (Lipinski definition) is 3. The molecule has 1 aliphatic rings. The van der Waals surface area contributed by atoms with Crippen molar-refractivity contribution in [2.24, 2.45) is 4.99 Å². The minimum absolute atomic E-state index is 0.00375. The zero-order valence-corrected chi connectivity index (χ0v) is 21.7. The van der Waals surface area contributed by atoms with Crippen molar-refractivity contribution in [1.29, 1.82) is 0 Å². The lowest BCUT2D eigenvalue weighted by Gasteiger charge is -2.29. The standard InChI is InChI=1S/C24H36ClFN4O4/c1-15(13-28-14-19(31)29-23(5,6)21(32)33-22(2,3)4)34-30-20(27-7)24(10-11-24)17-9-8-16(26)12-18(17)25/h8-9,12,15,28H,10-11,13-14H2,1-7H3,(H,27,30)(H,29,31). The predicted molar refractivity (Wildman–Crippen MR) is 130 cm³/mol. The summed E-state index contributed by atoms with van der Waals surface area (Å²) in [6, 6.07) is 4.36. The first kappa shape index (κ1) is 28.0. The summed E-state index contributed by atoms with van der Waals surface area (Å²) in [6.07, 6.45) is 1.34. The number of esters is 1. The van der Waals surface area contributed by atoms with E-state index in [-0.39, 0.29) is 24.4 Å². The highest BCUT2D eigenvalue weighted by Crippen LogP contribution is 2.51. The van der Waals surface area contributed by atoms with Gasteiger partial charge in [-0.3, -0.25) is 20.1 Å². The second kappa shape index (κ2) is 11.0. The van der Waals surface area contributed by atoms with Crippen molar-refractivity contribution in [3.8, 4) is 0 Å². The number of ether oxygens (including phenoxy) is 1. The van der Waals surface area contributed by atoms with Gasteiger partial charge in [-0.05, 0) is 72.1 Å². The minimum Gasteiger partial charge on any atom is -0.458 e. The number of nitrogens with zero attached hydrogens (tertiary/aromatic N) is 1. The Morgan fingerprint density at radius 3 is 2.41 bits per heavy atom. The first-order chi connectivity index (χ1) is 15.7. The van der Waals surface area contributed by atoms with Crippen LogP contribution in [-0.2, 0) is 24.6 Å². The lowest BCUT2D eigenvalue weighted by molar-refractivity contribution is -0.163. The van der Waals surface area contributed by atoms with Crippen LogP contribution < -0.4 is 16.1 Å². The summed E-state index contributed by atoms with van der Waals surface area (Å²) in [5.41, 5.74) is 1.52. The van der Waals surface area contributed by atoms with Gasteiger partial charge < -0.3 is 15.4 Å². The van der Waals surface area contributed by atoms with Crippen molar-refractivity contribution in [1.82, 2.24) is 16.1 Å². The van der Waals surface area contributed by atoms with Gasteiger partial charge >= 0.3 is 5.97 Å². The molecule has 0 saturated heterocycles. The first-order valence-electron chi connectivity index (χ1n) is 11.3. The van der Waals surface area contributed by atoms with Crippen molar-refractivity contribution in [3.63, 3.8) is 0 Å². The molecule has 3 N–H and O–H groups in total. The lowest BCUT2D eigenvalue weighted by Crippen LogP contribution is -2.54. The van der Waals surface area contributed by atoms with Gasteiger partial charge in [0, 0.05) is 18.6 Å². The Morgan fingerprint density at radius 1 is 1.24 bits per heavy atom. The molecule has 1 fully saturated rings. The fourth-order valence-corrected chi connectivity index (χ4v) is 3.78. The Labute approximate surface area is 206 Å². The number of benzene rings is 1. The number of amides is 1. The Bertz CT molecular complexity index is 926. The molecule has 0 spiro atoms. The Hall–Kier alpha value is -2.23. The van der Waals surface area contributed by atoms with E-state index in [1.54, 1.807) is 47.7 Å². The average molecular weight is 499 g/mol. The van der Waals surface area contributed by atoms with E-state index in [0.29, 0.717) is 17.4 Å². The number of aliphatic imine (C=N–C) groups is 1. The van der Waals surface area contributed by atoms with Gasteiger partial charge in [-0.15, -0.1) is 0 Å². The molecule has 0 aromatic heterocycles. The van der Waals surface area contributed by atoms with Crippen LogP contribution in [0, 0.1) is 5.82 Å². The molecule has 34 heavy (non-hydrogen) atoms. The molecule has 1 amide bonds. The Morgan fingerprint density at radius 2 is 1.88 bits per heavy atom. The van der Waals surface area contributed by atoms with Crippen molar-refractivity contribution in [3.05, 3.63) is 34.6 Å². The van der Waals surface area contributed by atoms with Gasteiger partial charge in [0.2, 0.25) is 5.91 Å². The third-order valence-corrected chi connectivity index (χ3v) is 5.62. The summed E-state index contributed by atoms with van der Waals surface area (Å²) < 4.78 is 18.8. The maximum Gasteiger partial charge on any atom is 0.331 e. The fourth-order valence-electron chi connectivity index (χ4n) is 3.43. The molecule has 1 aliphatic carbocycles. The highest BCUT2D eigenvalue weighted by molar-refractivity contribution is 6.32. The number of rotatable bonds is 10. The van der Waals surface area contributed by atoms with Crippen LogP contribution in [0.25, 0.3) is 0 Å². The molecule has 1 aromatic rings. The Kier molecular flexibility index (Phi) is 9.07. The molecule has 2 rings (SSSR count). The lowest BCUT2D eigenvalue weighted by atomic mass is 9.94. The van der Waals surface area contributed by atoms with Crippen LogP contribution >= 0.6 is 11.6 Å². The van der Waals surface area contributed by atoms with Crippen LogP contribution in [0.2, 0.25) is 5.02 Å². The first-order valence-corrected chi connectivity index (χ1v) is 11.7. The van der Waals surface area contributed by atoms with Crippen LogP contribution in [-0.4, -0.2) is 55.1 Å². The summed E-state index contributed by atoms with van der Waals surface area (Å²) in [5.74, 6) is -0.614. The molecule has 0 aliphatic heterocycles. The van der Waals surface area contributed by atoms with E-state index in [1.807, 2.05) is 6.92 Å². The molecule has 190 valence electrons. The van der Waals surface area contributed by atoms with E-state index < -0.39 is 22.5 Å². The van der Waals surface area contributed by atoms with E-state index in [4.69, 9.17) is 21.2 Å². The van der Waals surface area contributed by atoms with Crippen molar-refractivity contribution >= 4 is 29.3 Å². The molecule has 0 heterocycles. The smallest absolute Gasteiger partial charge is 0.331 e. The number of carbonyl (C=O) groups excluding carboxylic acids is 2. The number of amidine groups is 1. The summed E-state index contributed by atoms with van der Waals surface area (Å²) in [6.45, 7) is 10.7. The second-order valence-corrected chi connectivity index (χ2v) is 10.5. The summed E-state index contributed by atoms with van der Waals surface area (Å²) >= 11 is 6.27. The van der Waals surface area contributed by atoms with E-state index in [0.717, 1.165) is 18.4 Å². The van der Waals surface area contributed by atoms with E-state index >= 15 is 0 Å². The molecule has 1 unspecified atom stereocenters. The van der Waals surface area contributed by atoms with Crippen molar-refractivity contribution < 1.29 is 23.6 Å². The number of hydrogen-bond acceptors (Lipinski definition) is 6.